The van der Waals surface area contributed by atoms with Gasteiger partial charge in [0.2, 0.25) is 15.9 Å². The first kappa shape index (κ1) is 15.9. The average molecular weight is 336 g/mol. The molecule has 23 heavy (non-hydrogen) atoms. The highest BCUT2D eigenvalue weighted by atomic mass is 32.2. The van der Waals surface area contributed by atoms with E-state index < -0.39 is 16.1 Å². The van der Waals surface area contributed by atoms with E-state index in [4.69, 9.17) is 0 Å². The lowest BCUT2D eigenvalue weighted by atomic mass is 10.2. The minimum absolute atomic E-state index is 0.225. The number of fused-ring (bicyclic) bond motifs is 1. The number of amides is 1. The Kier molecular flexibility index (Phi) is 4.36. The van der Waals surface area contributed by atoms with Crippen LogP contribution in [-0.2, 0) is 21.2 Å². The van der Waals surface area contributed by atoms with Crippen molar-refractivity contribution >= 4 is 21.6 Å². The zero-order valence-electron chi connectivity index (χ0n) is 13.0. The molecular weight excluding hydrogens is 316 g/mol. The number of sulfonamides is 1. The molecule has 1 saturated heterocycles. The van der Waals surface area contributed by atoms with Crippen molar-refractivity contribution in [2.24, 2.45) is 0 Å². The van der Waals surface area contributed by atoms with Crippen LogP contribution >= 0.6 is 0 Å². The summed E-state index contributed by atoms with van der Waals surface area (Å²) in [5.74, 6) is -0.225. The molecule has 2 aromatic rings. The average Bonchev–Trinajstić information content (AvgIpc) is 3.13. The van der Waals surface area contributed by atoms with Gasteiger partial charge in [0.05, 0.1) is 11.9 Å². The van der Waals surface area contributed by atoms with Crippen LogP contribution in [0.2, 0.25) is 0 Å². The number of aromatic nitrogens is 2. The molecular formula is C15H20N4O3S. The van der Waals surface area contributed by atoms with E-state index in [0.29, 0.717) is 25.9 Å². The van der Waals surface area contributed by atoms with Crippen LogP contribution in [0.25, 0.3) is 5.65 Å². The molecule has 0 aliphatic carbocycles. The molecule has 8 heteroatoms. The molecule has 0 saturated carbocycles. The summed E-state index contributed by atoms with van der Waals surface area (Å²) in [5, 5.41) is 2.83. The summed E-state index contributed by atoms with van der Waals surface area (Å²) in [6.45, 7) is 0.861. The Bertz CT molecular complexity index is 782. The van der Waals surface area contributed by atoms with Crippen molar-refractivity contribution in [3.63, 3.8) is 0 Å². The third kappa shape index (κ3) is 3.53. The van der Waals surface area contributed by atoms with Gasteiger partial charge in [-0.25, -0.2) is 13.4 Å². The second-order valence-corrected chi connectivity index (χ2v) is 7.71. The molecule has 1 aliphatic heterocycles. The third-order valence-corrected chi connectivity index (χ3v) is 5.32. The maximum atomic E-state index is 12.2. The summed E-state index contributed by atoms with van der Waals surface area (Å²) in [4.78, 5) is 16.7. The predicted octanol–water partition coefficient (Wildman–Crippen LogP) is 0.417. The van der Waals surface area contributed by atoms with Crippen LogP contribution in [0.5, 0.6) is 0 Å². The van der Waals surface area contributed by atoms with Gasteiger partial charge in [-0.1, -0.05) is 6.07 Å². The van der Waals surface area contributed by atoms with E-state index >= 15 is 0 Å². The number of hydrogen-bond acceptors (Lipinski definition) is 4. The molecule has 1 amide bonds. The van der Waals surface area contributed by atoms with Gasteiger partial charge < -0.3 is 9.72 Å². The number of pyridine rings is 1. The van der Waals surface area contributed by atoms with Gasteiger partial charge in [0.15, 0.2) is 0 Å². The summed E-state index contributed by atoms with van der Waals surface area (Å²) in [5.41, 5.74) is 1.76. The van der Waals surface area contributed by atoms with Crippen molar-refractivity contribution in [2.45, 2.75) is 25.3 Å². The van der Waals surface area contributed by atoms with Crippen molar-refractivity contribution in [1.82, 2.24) is 19.0 Å². The Labute approximate surface area is 135 Å². The molecule has 2 aromatic heterocycles. The first-order chi connectivity index (χ1) is 10.9. The fourth-order valence-corrected chi connectivity index (χ4v) is 4.06. The standard InChI is InChI=1S/C15H20N4O3S/c1-23(21,22)19-10-4-5-13(19)15(20)16-8-7-12-11-18-9-3-2-6-14(18)17-12/h2-3,6,9,11,13H,4-5,7-8,10H2,1H3,(H,16,20). The predicted molar refractivity (Wildman–Crippen MR) is 86.5 cm³/mol. The first-order valence-corrected chi connectivity index (χ1v) is 9.47. The van der Waals surface area contributed by atoms with Crippen molar-refractivity contribution in [3.05, 3.63) is 36.3 Å². The van der Waals surface area contributed by atoms with Crippen LogP contribution in [-0.4, -0.2) is 53.4 Å². The van der Waals surface area contributed by atoms with Crippen LogP contribution in [0.4, 0.5) is 0 Å². The highest BCUT2D eigenvalue weighted by Gasteiger charge is 2.36. The highest BCUT2D eigenvalue weighted by molar-refractivity contribution is 7.88. The Balaban J connectivity index is 1.57. The number of carbonyl (C=O) groups excluding carboxylic acids is 1. The molecule has 1 atom stereocenters. The number of imidazole rings is 1. The van der Waals surface area contributed by atoms with Gasteiger partial charge in [0.25, 0.3) is 0 Å². The smallest absolute Gasteiger partial charge is 0.238 e. The summed E-state index contributed by atoms with van der Waals surface area (Å²) in [6.07, 6.45) is 6.91. The number of hydrogen-bond donors (Lipinski definition) is 1. The number of rotatable bonds is 5. The van der Waals surface area contributed by atoms with Gasteiger partial charge in [-0.3, -0.25) is 4.79 Å². The zero-order chi connectivity index (χ0) is 16.4. The Hall–Kier alpha value is -1.93. The van der Waals surface area contributed by atoms with Gasteiger partial charge in [-0.2, -0.15) is 4.31 Å². The van der Waals surface area contributed by atoms with Crippen molar-refractivity contribution in [3.8, 4) is 0 Å². The van der Waals surface area contributed by atoms with E-state index in [-0.39, 0.29) is 5.91 Å². The number of carbonyl (C=O) groups is 1. The van der Waals surface area contributed by atoms with E-state index in [1.165, 1.54) is 4.31 Å². The third-order valence-electron chi connectivity index (χ3n) is 4.03. The summed E-state index contributed by atoms with van der Waals surface area (Å²) >= 11 is 0. The molecule has 7 nitrogen and oxygen atoms in total. The molecule has 3 rings (SSSR count). The topological polar surface area (TPSA) is 83.8 Å². The van der Waals surface area contributed by atoms with E-state index in [1.54, 1.807) is 0 Å². The van der Waals surface area contributed by atoms with Crippen LogP contribution < -0.4 is 5.32 Å². The Morgan fingerprint density at radius 2 is 2.26 bits per heavy atom. The largest absolute Gasteiger partial charge is 0.354 e. The lowest BCUT2D eigenvalue weighted by Gasteiger charge is -2.21. The number of nitrogens with one attached hydrogen (secondary N) is 1. The Morgan fingerprint density at radius 1 is 1.43 bits per heavy atom. The van der Waals surface area contributed by atoms with E-state index in [1.807, 2.05) is 35.0 Å². The second kappa shape index (κ2) is 6.29. The minimum Gasteiger partial charge on any atom is -0.354 e. The molecule has 0 radical (unpaired) electrons. The molecule has 3 heterocycles. The lowest BCUT2D eigenvalue weighted by Crippen LogP contribution is -2.45. The highest BCUT2D eigenvalue weighted by Crippen LogP contribution is 2.20. The van der Waals surface area contributed by atoms with E-state index in [2.05, 4.69) is 10.3 Å². The zero-order valence-corrected chi connectivity index (χ0v) is 13.8. The summed E-state index contributed by atoms with van der Waals surface area (Å²) < 4.78 is 26.6. The van der Waals surface area contributed by atoms with Gasteiger partial charge in [-0.05, 0) is 25.0 Å². The molecule has 1 fully saturated rings. The van der Waals surface area contributed by atoms with Crippen LogP contribution in [0, 0.1) is 0 Å². The normalized spacial score (nSPS) is 19.3. The molecule has 124 valence electrons. The van der Waals surface area contributed by atoms with Crippen LogP contribution in [0.15, 0.2) is 30.6 Å². The molecule has 0 bridgehead atoms. The summed E-state index contributed by atoms with van der Waals surface area (Å²) in [7, 11) is -3.33. The second-order valence-electron chi connectivity index (χ2n) is 5.77. The maximum Gasteiger partial charge on any atom is 0.238 e. The van der Waals surface area contributed by atoms with Gasteiger partial charge in [0.1, 0.15) is 11.7 Å². The van der Waals surface area contributed by atoms with Crippen molar-refractivity contribution in [2.75, 3.05) is 19.3 Å². The summed E-state index contributed by atoms with van der Waals surface area (Å²) in [6, 6.07) is 5.20. The Morgan fingerprint density at radius 3 is 3.00 bits per heavy atom. The molecule has 1 aliphatic rings. The van der Waals surface area contributed by atoms with Crippen LogP contribution in [0.1, 0.15) is 18.5 Å². The van der Waals surface area contributed by atoms with E-state index in [0.717, 1.165) is 24.0 Å². The molecule has 0 aromatic carbocycles. The molecule has 0 spiro atoms. The van der Waals surface area contributed by atoms with Gasteiger partial charge in [0, 0.05) is 31.9 Å². The van der Waals surface area contributed by atoms with Crippen molar-refractivity contribution in [1.29, 1.82) is 0 Å². The quantitative estimate of drug-likeness (QED) is 0.857. The first-order valence-electron chi connectivity index (χ1n) is 7.62. The molecule has 1 unspecified atom stereocenters. The monoisotopic (exact) mass is 336 g/mol. The maximum absolute atomic E-state index is 12.2. The molecule has 1 N–H and O–H groups in total. The van der Waals surface area contributed by atoms with E-state index in [9.17, 15) is 13.2 Å². The van der Waals surface area contributed by atoms with Crippen LogP contribution in [0.3, 0.4) is 0 Å². The van der Waals surface area contributed by atoms with Gasteiger partial charge >= 0.3 is 0 Å². The van der Waals surface area contributed by atoms with Gasteiger partial charge in [-0.15, -0.1) is 0 Å². The SMILES string of the molecule is CS(=O)(=O)N1CCCC1C(=O)NCCc1cn2ccccc2n1. The van der Waals surface area contributed by atoms with Crippen molar-refractivity contribution < 1.29 is 13.2 Å². The minimum atomic E-state index is -3.33. The lowest BCUT2D eigenvalue weighted by molar-refractivity contribution is -0.124. The fraction of sp³-hybridized carbons (Fsp3) is 0.467. The number of nitrogens with zero attached hydrogens (tertiary/aromatic N) is 3. The fourth-order valence-electron chi connectivity index (χ4n) is 2.94.